The van der Waals surface area contributed by atoms with Crippen molar-refractivity contribution in [3.05, 3.63) is 76.9 Å². The van der Waals surface area contributed by atoms with Crippen LogP contribution in [0.4, 0.5) is 0 Å². The van der Waals surface area contributed by atoms with Crippen LogP contribution in [0.1, 0.15) is 28.7 Å². The molecular formula is C21H24N2O2. The minimum absolute atomic E-state index is 0.134. The van der Waals surface area contributed by atoms with E-state index >= 15 is 0 Å². The predicted molar refractivity (Wildman–Crippen MR) is 101 cm³/mol. The molecule has 4 nitrogen and oxygen atoms in total. The molecule has 25 heavy (non-hydrogen) atoms. The van der Waals surface area contributed by atoms with E-state index < -0.39 is 5.91 Å². The average Bonchev–Trinajstić information content (AvgIpc) is 2.58. The van der Waals surface area contributed by atoms with Gasteiger partial charge in [0, 0.05) is 25.6 Å². The number of nitrogens with two attached hydrogens (primary N) is 1. The maximum Gasteiger partial charge on any atom is 0.246 e. The standard InChI is InChI=1S/C21H24N2O2/c1-16-8-9-19(17(2)14-16)10-11-21(25)23(13-12-20(22)24)15-18-6-4-3-5-7-18/h3-11,14H,12-13,15H2,1-2H3,(H2,22,24)/b11-10+. The fourth-order valence-corrected chi connectivity index (χ4v) is 2.60. The number of hydrogen-bond acceptors (Lipinski definition) is 2. The lowest BCUT2D eigenvalue weighted by Gasteiger charge is -2.21. The lowest BCUT2D eigenvalue weighted by molar-refractivity contribution is -0.127. The van der Waals surface area contributed by atoms with Gasteiger partial charge in [-0.05, 0) is 36.6 Å². The molecule has 0 atom stereocenters. The van der Waals surface area contributed by atoms with E-state index in [4.69, 9.17) is 5.73 Å². The number of primary amides is 1. The Kier molecular flexibility index (Phi) is 6.52. The topological polar surface area (TPSA) is 63.4 Å². The van der Waals surface area contributed by atoms with Gasteiger partial charge >= 0.3 is 0 Å². The minimum atomic E-state index is -0.413. The molecular weight excluding hydrogens is 312 g/mol. The number of amides is 2. The molecule has 2 aromatic rings. The highest BCUT2D eigenvalue weighted by Gasteiger charge is 2.12. The van der Waals surface area contributed by atoms with Crippen molar-refractivity contribution in [2.75, 3.05) is 6.54 Å². The smallest absolute Gasteiger partial charge is 0.246 e. The summed E-state index contributed by atoms with van der Waals surface area (Å²) in [6, 6.07) is 15.8. The summed E-state index contributed by atoms with van der Waals surface area (Å²) >= 11 is 0. The Bertz CT molecular complexity index is 767. The number of nitrogens with zero attached hydrogens (tertiary/aromatic N) is 1. The highest BCUT2D eigenvalue weighted by atomic mass is 16.2. The predicted octanol–water partition coefficient (Wildman–Crippen LogP) is 3.22. The molecule has 2 amide bonds. The summed E-state index contributed by atoms with van der Waals surface area (Å²) in [6.07, 6.45) is 3.52. The van der Waals surface area contributed by atoms with Gasteiger partial charge in [-0.25, -0.2) is 0 Å². The van der Waals surface area contributed by atoms with Gasteiger partial charge in [0.05, 0.1) is 0 Å². The Labute approximate surface area is 149 Å². The van der Waals surface area contributed by atoms with Crippen LogP contribution in [0.25, 0.3) is 6.08 Å². The number of rotatable bonds is 7. The summed E-state index contributed by atoms with van der Waals surface area (Å²) < 4.78 is 0. The SMILES string of the molecule is Cc1ccc(/C=C/C(=O)N(CCC(N)=O)Cc2ccccc2)c(C)c1. The third-order valence-corrected chi connectivity index (χ3v) is 3.99. The molecule has 130 valence electrons. The molecule has 0 heterocycles. The maximum absolute atomic E-state index is 12.6. The van der Waals surface area contributed by atoms with E-state index in [9.17, 15) is 9.59 Å². The summed E-state index contributed by atoms with van der Waals surface area (Å²) in [7, 11) is 0. The third-order valence-electron chi connectivity index (χ3n) is 3.99. The Hall–Kier alpha value is -2.88. The molecule has 0 fully saturated rings. The van der Waals surface area contributed by atoms with Crippen molar-refractivity contribution in [2.45, 2.75) is 26.8 Å². The van der Waals surface area contributed by atoms with E-state index in [1.54, 1.807) is 11.0 Å². The number of aryl methyl sites for hydroxylation is 2. The molecule has 0 saturated carbocycles. The summed E-state index contributed by atoms with van der Waals surface area (Å²) in [6.45, 7) is 4.81. The van der Waals surface area contributed by atoms with Crippen molar-refractivity contribution < 1.29 is 9.59 Å². The van der Waals surface area contributed by atoms with Gasteiger partial charge in [-0.1, -0.05) is 54.1 Å². The van der Waals surface area contributed by atoms with Crippen LogP contribution in [0.3, 0.4) is 0 Å². The number of benzene rings is 2. The summed E-state index contributed by atoms with van der Waals surface area (Å²) in [4.78, 5) is 25.3. The molecule has 2 N–H and O–H groups in total. The van der Waals surface area contributed by atoms with Crippen molar-refractivity contribution in [2.24, 2.45) is 5.73 Å². The van der Waals surface area contributed by atoms with E-state index in [0.717, 1.165) is 16.7 Å². The Balaban J connectivity index is 2.13. The molecule has 0 aliphatic carbocycles. The zero-order valence-corrected chi connectivity index (χ0v) is 14.7. The molecule has 0 spiro atoms. The zero-order valence-electron chi connectivity index (χ0n) is 14.7. The fraction of sp³-hybridized carbons (Fsp3) is 0.238. The second kappa shape index (κ2) is 8.83. The molecule has 0 saturated heterocycles. The van der Waals surface area contributed by atoms with Gasteiger partial charge < -0.3 is 10.6 Å². The van der Waals surface area contributed by atoms with Crippen molar-refractivity contribution in [1.29, 1.82) is 0 Å². The van der Waals surface area contributed by atoms with Gasteiger partial charge in [-0.15, -0.1) is 0 Å². The van der Waals surface area contributed by atoms with E-state index in [1.165, 1.54) is 5.56 Å². The molecule has 2 aromatic carbocycles. The molecule has 0 radical (unpaired) electrons. The quantitative estimate of drug-likeness (QED) is 0.789. The molecule has 2 rings (SSSR count). The van der Waals surface area contributed by atoms with Crippen LogP contribution in [0, 0.1) is 13.8 Å². The fourth-order valence-electron chi connectivity index (χ4n) is 2.60. The Morgan fingerprint density at radius 2 is 1.80 bits per heavy atom. The van der Waals surface area contributed by atoms with Gasteiger partial charge in [0.15, 0.2) is 0 Å². The molecule has 0 bridgehead atoms. The van der Waals surface area contributed by atoms with Crippen molar-refractivity contribution in [1.82, 2.24) is 4.90 Å². The normalized spacial score (nSPS) is 10.8. The van der Waals surface area contributed by atoms with Crippen molar-refractivity contribution in [3.8, 4) is 0 Å². The average molecular weight is 336 g/mol. The number of hydrogen-bond donors (Lipinski definition) is 1. The van der Waals surface area contributed by atoms with Gasteiger partial charge in [-0.3, -0.25) is 9.59 Å². The first-order chi connectivity index (χ1) is 12.0. The van der Waals surface area contributed by atoms with Crippen LogP contribution >= 0.6 is 0 Å². The molecule has 0 aromatic heterocycles. The van der Waals surface area contributed by atoms with E-state index in [0.29, 0.717) is 13.1 Å². The summed E-state index contributed by atoms with van der Waals surface area (Å²) in [5.41, 5.74) is 9.57. The van der Waals surface area contributed by atoms with Crippen LogP contribution < -0.4 is 5.73 Å². The van der Waals surface area contributed by atoms with Crippen LogP contribution in [0.2, 0.25) is 0 Å². The number of carbonyl (C=O) groups is 2. The van der Waals surface area contributed by atoms with Crippen molar-refractivity contribution in [3.63, 3.8) is 0 Å². The zero-order chi connectivity index (χ0) is 18.2. The highest BCUT2D eigenvalue weighted by molar-refractivity contribution is 5.92. The summed E-state index contributed by atoms with van der Waals surface area (Å²) in [5.74, 6) is -0.547. The van der Waals surface area contributed by atoms with E-state index in [1.807, 2.05) is 62.4 Å². The monoisotopic (exact) mass is 336 g/mol. The summed E-state index contributed by atoms with van der Waals surface area (Å²) in [5, 5.41) is 0. The lowest BCUT2D eigenvalue weighted by atomic mass is 10.1. The number of carbonyl (C=O) groups excluding carboxylic acids is 2. The largest absolute Gasteiger partial charge is 0.370 e. The minimum Gasteiger partial charge on any atom is -0.370 e. The Morgan fingerprint density at radius 3 is 2.44 bits per heavy atom. The van der Waals surface area contributed by atoms with E-state index in [2.05, 4.69) is 6.07 Å². The molecule has 0 aliphatic rings. The first kappa shape index (κ1) is 18.5. The molecule has 0 unspecified atom stereocenters. The van der Waals surface area contributed by atoms with Gasteiger partial charge in [0.2, 0.25) is 11.8 Å². The van der Waals surface area contributed by atoms with Gasteiger partial charge in [-0.2, -0.15) is 0 Å². The van der Waals surface area contributed by atoms with Crippen molar-refractivity contribution >= 4 is 17.9 Å². The van der Waals surface area contributed by atoms with E-state index in [-0.39, 0.29) is 12.3 Å². The first-order valence-corrected chi connectivity index (χ1v) is 8.32. The second-order valence-electron chi connectivity index (χ2n) is 6.16. The van der Waals surface area contributed by atoms with Crippen LogP contribution in [0.15, 0.2) is 54.6 Å². The first-order valence-electron chi connectivity index (χ1n) is 8.32. The van der Waals surface area contributed by atoms with Gasteiger partial charge in [0.1, 0.15) is 0 Å². The Morgan fingerprint density at radius 1 is 1.08 bits per heavy atom. The van der Waals surface area contributed by atoms with Crippen LogP contribution in [-0.2, 0) is 16.1 Å². The molecule has 4 heteroatoms. The lowest BCUT2D eigenvalue weighted by Crippen LogP contribution is -2.32. The van der Waals surface area contributed by atoms with Gasteiger partial charge in [0.25, 0.3) is 0 Å². The maximum atomic E-state index is 12.6. The highest BCUT2D eigenvalue weighted by Crippen LogP contribution is 2.13. The van der Waals surface area contributed by atoms with Crippen LogP contribution in [-0.4, -0.2) is 23.3 Å². The second-order valence-corrected chi connectivity index (χ2v) is 6.16. The third kappa shape index (κ3) is 5.92. The van der Waals surface area contributed by atoms with Crippen LogP contribution in [0.5, 0.6) is 0 Å². The molecule has 0 aliphatic heterocycles.